The molecule has 1 aromatic carbocycles. The van der Waals surface area contributed by atoms with Gasteiger partial charge in [-0.1, -0.05) is 35.9 Å². The minimum atomic E-state index is -1.02. The van der Waals surface area contributed by atoms with E-state index in [2.05, 4.69) is 5.10 Å². The van der Waals surface area contributed by atoms with Gasteiger partial charge in [-0.25, -0.2) is 14.7 Å². The van der Waals surface area contributed by atoms with Gasteiger partial charge >= 0.3 is 17.8 Å². The van der Waals surface area contributed by atoms with Gasteiger partial charge in [-0.2, -0.15) is 5.10 Å². The topological polar surface area (TPSA) is 104 Å². The Labute approximate surface area is 198 Å². The number of hydrazone groups is 1. The van der Waals surface area contributed by atoms with E-state index in [4.69, 9.17) is 4.42 Å². The van der Waals surface area contributed by atoms with Crippen LogP contribution in [0.25, 0.3) is 0 Å². The van der Waals surface area contributed by atoms with E-state index < -0.39 is 36.3 Å². The maximum absolute atomic E-state index is 13.3. The number of rotatable bonds is 6. The smallest absolute Gasteiger partial charge is 0.335 e. The number of imide groups is 2. The molecule has 0 radical (unpaired) electrons. The van der Waals surface area contributed by atoms with Crippen molar-refractivity contribution in [2.24, 2.45) is 5.10 Å². The fourth-order valence-electron chi connectivity index (χ4n) is 3.96. The predicted octanol–water partition coefficient (Wildman–Crippen LogP) is 3.32. The molecule has 0 unspecified atom stereocenters. The molecule has 2 aromatic heterocycles. The number of benzene rings is 1. The first-order chi connectivity index (χ1) is 16.4. The Morgan fingerprint density at radius 1 is 1.06 bits per heavy atom. The second-order valence-corrected chi connectivity index (χ2v) is 9.06. The Hall–Kier alpha value is -4.05. The molecule has 9 nitrogen and oxygen atoms in total. The Balaban J connectivity index is 1.38. The molecule has 0 saturated carbocycles. The Morgan fingerprint density at radius 3 is 2.50 bits per heavy atom. The summed E-state index contributed by atoms with van der Waals surface area (Å²) in [6.45, 7) is 1.38. The molecule has 5 rings (SSSR count). The summed E-state index contributed by atoms with van der Waals surface area (Å²) in [6.07, 6.45) is 1.92. The molecule has 10 heteroatoms. The van der Waals surface area contributed by atoms with Gasteiger partial charge in [0.15, 0.2) is 0 Å². The number of nitrogens with zero attached hydrogens (tertiary/aromatic N) is 4. The molecule has 2 aliphatic rings. The summed E-state index contributed by atoms with van der Waals surface area (Å²) in [4.78, 5) is 53.3. The molecule has 3 aromatic rings. The number of aryl methyl sites for hydroxylation is 1. The van der Waals surface area contributed by atoms with Gasteiger partial charge < -0.3 is 4.42 Å². The van der Waals surface area contributed by atoms with Crippen LogP contribution in [-0.4, -0.2) is 50.8 Å². The molecule has 1 saturated heterocycles. The van der Waals surface area contributed by atoms with Crippen molar-refractivity contribution < 1.29 is 23.6 Å². The fraction of sp³-hybridized carbons (Fsp3) is 0.208. The van der Waals surface area contributed by atoms with E-state index >= 15 is 0 Å². The van der Waals surface area contributed by atoms with E-state index in [1.807, 2.05) is 36.6 Å². The lowest BCUT2D eigenvalue weighted by Crippen LogP contribution is -2.41. The van der Waals surface area contributed by atoms with Crippen LogP contribution in [0.1, 0.15) is 34.2 Å². The molecular weight excluding hydrogens is 456 g/mol. The normalized spacial score (nSPS) is 18.3. The van der Waals surface area contributed by atoms with Crippen LogP contribution in [0.5, 0.6) is 0 Å². The van der Waals surface area contributed by atoms with Crippen LogP contribution in [0, 0.1) is 6.92 Å². The molecule has 0 bridgehead atoms. The zero-order valence-electron chi connectivity index (χ0n) is 18.2. The zero-order valence-corrected chi connectivity index (χ0v) is 19.0. The van der Waals surface area contributed by atoms with Crippen LogP contribution in [0.2, 0.25) is 0 Å². The first-order valence-corrected chi connectivity index (χ1v) is 11.5. The summed E-state index contributed by atoms with van der Waals surface area (Å²) in [5.41, 5.74) is 2.65. The number of carbonyl (C=O) groups excluding carboxylic acids is 4. The van der Waals surface area contributed by atoms with E-state index in [0.717, 1.165) is 20.9 Å². The number of hydrogen-bond donors (Lipinski definition) is 0. The highest BCUT2D eigenvalue weighted by Crippen LogP contribution is 2.33. The highest BCUT2D eigenvalue weighted by atomic mass is 32.1. The summed E-state index contributed by atoms with van der Waals surface area (Å²) in [6, 6.07) is 13.5. The van der Waals surface area contributed by atoms with Gasteiger partial charge in [0.05, 0.1) is 18.5 Å². The predicted molar refractivity (Wildman–Crippen MR) is 123 cm³/mol. The average Bonchev–Trinajstić information content (AvgIpc) is 3.62. The summed E-state index contributed by atoms with van der Waals surface area (Å²) >= 11 is 1.37. The fourth-order valence-corrected chi connectivity index (χ4v) is 4.65. The lowest BCUT2D eigenvalue weighted by molar-refractivity contribution is -0.145. The maximum Gasteiger partial charge on any atom is 0.335 e. The number of carbonyl (C=O) groups is 4. The van der Waals surface area contributed by atoms with Crippen LogP contribution in [0.3, 0.4) is 0 Å². The van der Waals surface area contributed by atoms with Crippen molar-refractivity contribution in [2.75, 3.05) is 6.54 Å². The third-order valence-corrected chi connectivity index (χ3v) is 6.61. The van der Waals surface area contributed by atoms with E-state index in [-0.39, 0.29) is 6.54 Å². The number of urea groups is 1. The van der Waals surface area contributed by atoms with Crippen LogP contribution in [0.4, 0.5) is 4.79 Å². The minimum Gasteiger partial charge on any atom is -0.467 e. The molecule has 0 spiro atoms. The summed E-state index contributed by atoms with van der Waals surface area (Å²) in [7, 11) is 0. The molecule has 0 aliphatic carbocycles. The second-order valence-electron chi connectivity index (χ2n) is 8.03. The standard InChI is InChI=1S/C24H20N4O5S/c1-15-6-8-16(9-7-15)18-12-19(20-5-2-10-33-20)28(25-18)21(29)14-27-23(31)22(30)26(24(27)32)13-17-4-3-11-34-17/h2-11,19H,12-14H2,1H3/t19-/m0/s1. The molecule has 4 heterocycles. The first-order valence-electron chi connectivity index (χ1n) is 10.6. The molecule has 1 atom stereocenters. The molecule has 0 N–H and O–H groups in total. The van der Waals surface area contributed by atoms with Gasteiger partial charge in [-0.05, 0) is 36.1 Å². The molecule has 2 aliphatic heterocycles. The number of thiophene rings is 1. The van der Waals surface area contributed by atoms with E-state index in [1.165, 1.54) is 22.6 Å². The molecular formula is C24H20N4O5S. The zero-order chi connectivity index (χ0) is 23.8. The monoisotopic (exact) mass is 476 g/mol. The third-order valence-electron chi connectivity index (χ3n) is 5.74. The average molecular weight is 477 g/mol. The molecule has 34 heavy (non-hydrogen) atoms. The van der Waals surface area contributed by atoms with Crippen LogP contribution < -0.4 is 0 Å². The molecule has 1 fully saturated rings. The van der Waals surface area contributed by atoms with Crippen molar-refractivity contribution in [3.8, 4) is 0 Å². The van der Waals surface area contributed by atoms with Gasteiger partial charge in [0.1, 0.15) is 18.3 Å². The van der Waals surface area contributed by atoms with Gasteiger partial charge in [0.25, 0.3) is 5.91 Å². The molecule has 172 valence electrons. The van der Waals surface area contributed by atoms with Crippen molar-refractivity contribution in [3.63, 3.8) is 0 Å². The summed E-state index contributed by atoms with van der Waals surface area (Å²) in [5, 5.41) is 7.56. The largest absolute Gasteiger partial charge is 0.467 e. The highest BCUT2D eigenvalue weighted by Gasteiger charge is 2.46. The minimum absolute atomic E-state index is 0.0137. The first kappa shape index (κ1) is 21.8. The molecule has 5 amide bonds. The van der Waals surface area contributed by atoms with Crippen molar-refractivity contribution in [2.45, 2.75) is 25.9 Å². The van der Waals surface area contributed by atoms with Gasteiger partial charge in [0, 0.05) is 11.3 Å². The number of furan rings is 1. The maximum atomic E-state index is 13.3. The lowest BCUT2D eigenvalue weighted by Gasteiger charge is -2.22. The van der Waals surface area contributed by atoms with Gasteiger partial charge in [-0.15, -0.1) is 11.3 Å². The third kappa shape index (κ3) is 3.92. The van der Waals surface area contributed by atoms with Crippen molar-refractivity contribution in [1.29, 1.82) is 0 Å². The Morgan fingerprint density at radius 2 is 1.82 bits per heavy atom. The van der Waals surface area contributed by atoms with Gasteiger partial charge in [0.2, 0.25) is 0 Å². The highest BCUT2D eigenvalue weighted by molar-refractivity contribution is 7.09. The number of hydrogen-bond acceptors (Lipinski definition) is 7. The Bertz CT molecular complexity index is 1280. The lowest BCUT2D eigenvalue weighted by atomic mass is 10.0. The van der Waals surface area contributed by atoms with Crippen LogP contribution in [0.15, 0.2) is 69.7 Å². The Kier molecular flexibility index (Phi) is 5.58. The van der Waals surface area contributed by atoms with Crippen molar-refractivity contribution in [1.82, 2.24) is 14.8 Å². The van der Waals surface area contributed by atoms with Crippen LogP contribution in [-0.2, 0) is 20.9 Å². The SMILES string of the molecule is Cc1ccc(C2=NN(C(=O)CN3C(=O)C(=O)N(Cc4cccs4)C3=O)[C@H](c3ccco3)C2)cc1. The summed E-state index contributed by atoms with van der Waals surface area (Å²) < 4.78 is 5.53. The number of amides is 5. The van der Waals surface area contributed by atoms with Gasteiger partial charge in [-0.3, -0.25) is 19.3 Å². The van der Waals surface area contributed by atoms with E-state index in [0.29, 0.717) is 22.8 Å². The summed E-state index contributed by atoms with van der Waals surface area (Å²) in [5.74, 6) is -2.02. The van der Waals surface area contributed by atoms with Crippen molar-refractivity contribution in [3.05, 3.63) is 81.9 Å². The van der Waals surface area contributed by atoms with Crippen LogP contribution >= 0.6 is 11.3 Å². The van der Waals surface area contributed by atoms with E-state index in [9.17, 15) is 19.2 Å². The quantitative estimate of drug-likeness (QED) is 0.401. The second kappa shape index (κ2) is 8.71. The van der Waals surface area contributed by atoms with Crippen molar-refractivity contribution >= 4 is 40.8 Å². The van der Waals surface area contributed by atoms with E-state index in [1.54, 1.807) is 24.3 Å².